The molecule has 2 rings (SSSR count). The van der Waals surface area contributed by atoms with Gasteiger partial charge in [0.05, 0.1) is 11.5 Å². The van der Waals surface area contributed by atoms with Crippen molar-refractivity contribution in [1.29, 1.82) is 0 Å². The quantitative estimate of drug-likeness (QED) is 0.663. The van der Waals surface area contributed by atoms with Crippen LogP contribution in [-0.2, 0) is 9.84 Å². The lowest BCUT2D eigenvalue weighted by Gasteiger charge is -2.21. The molecule has 2 atom stereocenters. The van der Waals surface area contributed by atoms with Crippen molar-refractivity contribution in [3.05, 3.63) is 0 Å². The minimum absolute atomic E-state index is 0.0702. The highest BCUT2D eigenvalue weighted by atomic mass is 32.2. The van der Waals surface area contributed by atoms with E-state index >= 15 is 0 Å². The zero-order chi connectivity index (χ0) is 11.8. The van der Waals surface area contributed by atoms with Crippen LogP contribution >= 0.6 is 0 Å². The number of nitrogens with zero attached hydrogens (tertiary/aromatic N) is 1. The lowest BCUT2D eigenvalue weighted by atomic mass is 10.2. The van der Waals surface area contributed by atoms with Crippen LogP contribution in [0.2, 0.25) is 0 Å². The molecule has 0 spiro atoms. The summed E-state index contributed by atoms with van der Waals surface area (Å²) >= 11 is 0. The highest BCUT2D eigenvalue weighted by molar-refractivity contribution is 7.91. The summed E-state index contributed by atoms with van der Waals surface area (Å²) in [5.41, 5.74) is 5.43. The average molecular weight is 247 g/mol. The average Bonchev–Trinajstić information content (AvgIpc) is 2.70. The molecule has 2 heterocycles. The molecule has 2 saturated heterocycles. The summed E-state index contributed by atoms with van der Waals surface area (Å²) in [6, 6.07) is -0.228. The minimum Gasteiger partial charge on any atom is -0.333 e. The van der Waals surface area contributed by atoms with Gasteiger partial charge < -0.3 is 16.0 Å². The number of amides is 2. The summed E-state index contributed by atoms with van der Waals surface area (Å²) in [5.74, 6) is 0.304. The molecule has 0 saturated carbocycles. The van der Waals surface area contributed by atoms with E-state index in [-0.39, 0.29) is 29.6 Å². The van der Waals surface area contributed by atoms with E-state index in [1.54, 1.807) is 4.90 Å². The van der Waals surface area contributed by atoms with Gasteiger partial charge in [-0.25, -0.2) is 13.2 Å². The smallest absolute Gasteiger partial charge is 0.318 e. The fourth-order valence-electron chi connectivity index (χ4n) is 2.32. The fourth-order valence-corrected chi connectivity index (χ4v) is 4.05. The van der Waals surface area contributed by atoms with Crippen LogP contribution < -0.4 is 11.1 Å². The Balaban J connectivity index is 1.99. The van der Waals surface area contributed by atoms with Crippen LogP contribution in [0, 0.1) is 0 Å². The third kappa shape index (κ3) is 2.30. The van der Waals surface area contributed by atoms with E-state index in [9.17, 15) is 13.2 Å². The van der Waals surface area contributed by atoms with Crippen LogP contribution in [0.3, 0.4) is 0 Å². The van der Waals surface area contributed by atoms with Crippen LogP contribution in [0.1, 0.15) is 12.8 Å². The summed E-state index contributed by atoms with van der Waals surface area (Å²) < 4.78 is 22.7. The second kappa shape index (κ2) is 4.21. The second-order valence-corrected chi connectivity index (χ2v) is 6.66. The van der Waals surface area contributed by atoms with Gasteiger partial charge in [0.2, 0.25) is 0 Å². The van der Waals surface area contributed by atoms with Gasteiger partial charge in [-0.15, -0.1) is 0 Å². The highest BCUT2D eigenvalue weighted by Crippen LogP contribution is 2.21. The summed E-state index contributed by atoms with van der Waals surface area (Å²) in [5, 5.41) is 2.82. The molecule has 0 radical (unpaired) electrons. The van der Waals surface area contributed by atoms with E-state index in [0.717, 1.165) is 6.42 Å². The molecule has 16 heavy (non-hydrogen) atoms. The molecule has 2 unspecified atom stereocenters. The number of sulfone groups is 1. The summed E-state index contributed by atoms with van der Waals surface area (Å²) in [6.45, 7) is 1.11. The predicted octanol–water partition coefficient (Wildman–Crippen LogP) is -1.08. The molecule has 2 aliphatic heterocycles. The molecule has 6 nitrogen and oxygen atoms in total. The van der Waals surface area contributed by atoms with Gasteiger partial charge >= 0.3 is 6.03 Å². The fraction of sp³-hybridized carbons (Fsp3) is 0.889. The normalized spacial score (nSPS) is 33.1. The monoisotopic (exact) mass is 247 g/mol. The first-order valence-electron chi connectivity index (χ1n) is 5.49. The van der Waals surface area contributed by atoms with E-state index in [0.29, 0.717) is 19.5 Å². The molecule has 2 fully saturated rings. The lowest BCUT2D eigenvalue weighted by molar-refractivity contribution is 0.203. The molecule has 0 aliphatic carbocycles. The van der Waals surface area contributed by atoms with E-state index in [1.807, 2.05) is 0 Å². The largest absolute Gasteiger partial charge is 0.333 e. The van der Waals surface area contributed by atoms with Gasteiger partial charge in [-0.1, -0.05) is 0 Å². The van der Waals surface area contributed by atoms with Gasteiger partial charge in [-0.05, 0) is 19.4 Å². The van der Waals surface area contributed by atoms with Crippen LogP contribution in [-0.4, -0.2) is 56.0 Å². The zero-order valence-corrected chi connectivity index (χ0v) is 9.87. The minimum atomic E-state index is -2.93. The highest BCUT2D eigenvalue weighted by Gasteiger charge is 2.39. The maximum Gasteiger partial charge on any atom is 0.318 e. The molecule has 3 N–H and O–H groups in total. The molecule has 92 valence electrons. The van der Waals surface area contributed by atoms with Crippen molar-refractivity contribution in [2.45, 2.75) is 24.9 Å². The second-order valence-electron chi connectivity index (χ2n) is 4.43. The Morgan fingerprint density at radius 2 is 2.25 bits per heavy atom. The van der Waals surface area contributed by atoms with Gasteiger partial charge in [0.15, 0.2) is 9.84 Å². The van der Waals surface area contributed by atoms with Crippen molar-refractivity contribution < 1.29 is 13.2 Å². The van der Waals surface area contributed by atoms with Crippen molar-refractivity contribution in [2.24, 2.45) is 5.73 Å². The molecule has 0 aromatic rings. The van der Waals surface area contributed by atoms with Crippen molar-refractivity contribution in [3.8, 4) is 0 Å². The number of hydrogen-bond donors (Lipinski definition) is 2. The topological polar surface area (TPSA) is 92.5 Å². The van der Waals surface area contributed by atoms with Gasteiger partial charge in [0, 0.05) is 18.6 Å². The standard InChI is InChI=1S/C9H17N3O3S/c10-3-1-7-5-12(9(13)11-7)8-2-4-16(14,15)6-8/h7-8H,1-6,10H2,(H,11,13). The molecule has 7 heteroatoms. The van der Waals surface area contributed by atoms with E-state index in [2.05, 4.69) is 5.32 Å². The zero-order valence-electron chi connectivity index (χ0n) is 9.05. The van der Waals surface area contributed by atoms with Gasteiger partial charge in [0.25, 0.3) is 0 Å². The number of rotatable bonds is 3. The van der Waals surface area contributed by atoms with Crippen molar-refractivity contribution in [2.75, 3.05) is 24.6 Å². The Morgan fingerprint density at radius 3 is 2.81 bits per heavy atom. The first-order chi connectivity index (χ1) is 7.52. The Labute approximate surface area is 95.1 Å². The molecular weight excluding hydrogens is 230 g/mol. The molecule has 2 amide bonds. The molecule has 0 aromatic heterocycles. The number of carbonyl (C=O) groups excluding carboxylic acids is 1. The lowest BCUT2D eigenvalue weighted by Crippen LogP contribution is -2.38. The van der Waals surface area contributed by atoms with Crippen molar-refractivity contribution >= 4 is 15.9 Å². The third-order valence-electron chi connectivity index (χ3n) is 3.17. The number of nitrogens with one attached hydrogen (secondary N) is 1. The molecular formula is C9H17N3O3S. The van der Waals surface area contributed by atoms with Gasteiger partial charge in [0.1, 0.15) is 0 Å². The summed E-state index contributed by atoms with van der Waals surface area (Å²) in [6.07, 6.45) is 1.30. The maximum absolute atomic E-state index is 11.6. The summed E-state index contributed by atoms with van der Waals surface area (Å²) in [7, 11) is -2.93. The molecule has 0 bridgehead atoms. The van der Waals surface area contributed by atoms with E-state index in [1.165, 1.54) is 0 Å². The van der Waals surface area contributed by atoms with E-state index < -0.39 is 9.84 Å². The summed E-state index contributed by atoms with van der Waals surface area (Å²) in [4.78, 5) is 13.3. The van der Waals surface area contributed by atoms with Crippen molar-refractivity contribution in [1.82, 2.24) is 10.2 Å². The Morgan fingerprint density at radius 1 is 1.50 bits per heavy atom. The van der Waals surface area contributed by atoms with Crippen LogP contribution in [0.4, 0.5) is 4.79 Å². The number of nitrogens with two attached hydrogens (primary N) is 1. The maximum atomic E-state index is 11.6. The van der Waals surface area contributed by atoms with Crippen LogP contribution in [0.25, 0.3) is 0 Å². The predicted molar refractivity (Wildman–Crippen MR) is 59.8 cm³/mol. The van der Waals surface area contributed by atoms with Gasteiger partial charge in [-0.2, -0.15) is 0 Å². The Hall–Kier alpha value is -0.820. The SMILES string of the molecule is NCCC1CN(C2CCS(=O)(=O)C2)C(=O)N1. The Kier molecular flexibility index (Phi) is 3.07. The van der Waals surface area contributed by atoms with Gasteiger partial charge in [-0.3, -0.25) is 0 Å². The van der Waals surface area contributed by atoms with E-state index in [4.69, 9.17) is 5.73 Å². The molecule has 2 aliphatic rings. The Bertz CT molecular complexity index is 381. The van der Waals surface area contributed by atoms with Crippen molar-refractivity contribution in [3.63, 3.8) is 0 Å². The third-order valence-corrected chi connectivity index (χ3v) is 4.92. The first kappa shape index (κ1) is 11.7. The number of urea groups is 1. The van der Waals surface area contributed by atoms with Crippen LogP contribution in [0.5, 0.6) is 0 Å². The number of hydrogen-bond acceptors (Lipinski definition) is 4. The first-order valence-corrected chi connectivity index (χ1v) is 7.31. The molecule has 0 aromatic carbocycles. The number of carbonyl (C=O) groups is 1. The van der Waals surface area contributed by atoms with Crippen LogP contribution in [0.15, 0.2) is 0 Å².